The van der Waals surface area contributed by atoms with Gasteiger partial charge in [-0.15, -0.1) is 11.8 Å². The number of rotatable bonds is 6. The fourth-order valence-corrected chi connectivity index (χ4v) is 2.21. The van der Waals surface area contributed by atoms with Crippen LogP contribution in [0.1, 0.15) is 31.1 Å². The first-order valence-electron chi connectivity index (χ1n) is 6.72. The monoisotopic (exact) mass is 328 g/mol. The van der Waals surface area contributed by atoms with Gasteiger partial charge < -0.3 is 10.6 Å². The zero-order valence-electron chi connectivity index (χ0n) is 12.5. The summed E-state index contributed by atoms with van der Waals surface area (Å²) in [6.07, 6.45) is 0. The standard InChI is InChI=1S/C15H21ClN2O2S/c1-15(2,3)21-10-13(19)17-8-9-18-14(20)11-4-6-12(16)7-5-11/h4-7H,8-10H2,1-3H3,(H,17,19)(H,18,20). The molecule has 0 atom stereocenters. The molecule has 1 aromatic carbocycles. The minimum Gasteiger partial charge on any atom is -0.354 e. The highest BCUT2D eigenvalue weighted by Crippen LogP contribution is 2.22. The van der Waals surface area contributed by atoms with Gasteiger partial charge in [0.15, 0.2) is 0 Å². The molecule has 0 aliphatic rings. The SMILES string of the molecule is CC(C)(C)SCC(=O)NCCNC(=O)c1ccc(Cl)cc1. The second-order valence-electron chi connectivity index (χ2n) is 5.51. The highest BCUT2D eigenvalue weighted by atomic mass is 35.5. The summed E-state index contributed by atoms with van der Waals surface area (Å²) >= 11 is 7.35. The zero-order chi connectivity index (χ0) is 15.9. The van der Waals surface area contributed by atoms with Crippen molar-refractivity contribution in [2.45, 2.75) is 25.5 Å². The van der Waals surface area contributed by atoms with E-state index in [1.807, 2.05) is 0 Å². The Morgan fingerprint density at radius 1 is 1.10 bits per heavy atom. The fourth-order valence-electron chi connectivity index (χ4n) is 1.41. The van der Waals surface area contributed by atoms with Crippen molar-refractivity contribution >= 4 is 35.2 Å². The van der Waals surface area contributed by atoms with E-state index in [2.05, 4.69) is 31.4 Å². The molecule has 0 aromatic heterocycles. The van der Waals surface area contributed by atoms with Gasteiger partial charge in [-0.1, -0.05) is 32.4 Å². The third kappa shape index (κ3) is 7.97. The van der Waals surface area contributed by atoms with Gasteiger partial charge >= 0.3 is 0 Å². The maximum Gasteiger partial charge on any atom is 0.251 e. The lowest BCUT2D eigenvalue weighted by Crippen LogP contribution is -2.35. The largest absolute Gasteiger partial charge is 0.354 e. The first-order valence-corrected chi connectivity index (χ1v) is 8.09. The van der Waals surface area contributed by atoms with E-state index in [0.29, 0.717) is 29.4 Å². The molecule has 0 spiro atoms. The number of amides is 2. The van der Waals surface area contributed by atoms with Crippen LogP contribution in [-0.4, -0.2) is 35.4 Å². The van der Waals surface area contributed by atoms with Crippen LogP contribution in [0.15, 0.2) is 24.3 Å². The number of nitrogens with one attached hydrogen (secondary N) is 2. The van der Waals surface area contributed by atoms with E-state index in [0.717, 1.165) is 0 Å². The quantitative estimate of drug-likeness (QED) is 0.789. The molecule has 0 heterocycles. The number of carbonyl (C=O) groups excluding carboxylic acids is 2. The van der Waals surface area contributed by atoms with Crippen LogP contribution in [-0.2, 0) is 4.79 Å². The Kier molecular flexibility index (Phi) is 7.05. The lowest BCUT2D eigenvalue weighted by atomic mass is 10.2. The van der Waals surface area contributed by atoms with Crippen molar-refractivity contribution in [2.75, 3.05) is 18.8 Å². The highest BCUT2D eigenvalue weighted by molar-refractivity contribution is 8.01. The molecule has 1 rings (SSSR count). The third-order valence-electron chi connectivity index (χ3n) is 2.48. The van der Waals surface area contributed by atoms with Crippen LogP contribution in [0.5, 0.6) is 0 Å². The molecule has 6 heteroatoms. The molecule has 116 valence electrons. The summed E-state index contributed by atoms with van der Waals surface area (Å²) < 4.78 is 0.0696. The molecule has 4 nitrogen and oxygen atoms in total. The van der Waals surface area contributed by atoms with Crippen molar-refractivity contribution in [1.29, 1.82) is 0 Å². The topological polar surface area (TPSA) is 58.2 Å². The summed E-state index contributed by atoms with van der Waals surface area (Å²) in [7, 11) is 0. The van der Waals surface area contributed by atoms with Crippen molar-refractivity contribution in [3.63, 3.8) is 0 Å². The number of hydrogen-bond acceptors (Lipinski definition) is 3. The van der Waals surface area contributed by atoms with Gasteiger partial charge in [-0.25, -0.2) is 0 Å². The molecule has 0 bridgehead atoms. The molecule has 0 aliphatic heterocycles. The van der Waals surface area contributed by atoms with Crippen LogP contribution in [0.2, 0.25) is 5.02 Å². The Balaban J connectivity index is 2.20. The van der Waals surface area contributed by atoms with E-state index in [1.165, 1.54) is 0 Å². The van der Waals surface area contributed by atoms with Crippen molar-refractivity contribution < 1.29 is 9.59 Å². The van der Waals surface area contributed by atoms with Crippen LogP contribution in [0.4, 0.5) is 0 Å². The minimum atomic E-state index is -0.176. The molecule has 0 radical (unpaired) electrons. The molecule has 0 unspecified atom stereocenters. The van der Waals surface area contributed by atoms with Crippen LogP contribution in [0.25, 0.3) is 0 Å². The van der Waals surface area contributed by atoms with E-state index >= 15 is 0 Å². The van der Waals surface area contributed by atoms with E-state index in [9.17, 15) is 9.59 Å². The normalized spacial score (nSPS) is 11.0. The maximum atomic E-state index is 11.8. The van der Waals surface area contributed by atoms with Gasteiger partial charge in [0.1, 0.15) is 0 Å². The minimum absolute atomic E-state index is 0.0179. The molecule has 0 saturated carbocycles. The second kappa shape index (κ2) is 8.29. The van der Waals surface area contributed by atoms with Gasteiger partial charge in [0, 0.05) is 28.4 Å². The third-order valence-corrected chi connectivity index (χ3v) is 4.00. The Morgan fingerprint density at radius 2 is 1.67 bits per heavy atom. The maximum absolute atomic E-state index is 11.8. The highest BCUT2D eigenvalue weighted by Gasteiger charge is 2.13. The Morgan fingerprint density at radius 3 is 2.24 bits per heavy atom. The summed E-state index contributed by atoms with van der Waals surface area (Å²) in [6, 6.07) is 6.66. The number of benzene rings is 1. The lowest BCUT2D eigenvalue weighted by molar-refractivity contribution is -0.118. The van der Waals surface area contributed by atoms with Gasteiger partial charge in [0.05, 0.1) is 5.75 Å². The molecule has 21 heavy (non-hydrogen) atoms. The summed E-state index contributed by atoms with van der Waals surface area (Å²) in [5.74, 6) is 0.231. The van der Waals surface area contributed by atoms with Gasteiger partial charge in [0.25, 0.3) is 5.91 Å². The molecular formula is C15H21ClN2O2S. The van der Waals surface area contributed by atoms with Crippen molar-refractivity contribution in [1.82, 2.24) is 10.6 Å². The molecule has 1 aromatic rings. The van der Waals surface area contributed by atoms with Crippen molar-refractivity contribution in [3.8, 4) is 0 Å². The van der Waals surface area contributed by atoms with Crippen LogP contribution in [0, 0.1) is 0 Å². The van der Waals surface area contributed by atoms with Crippen LogP contribution in [0.3, 0.4) is 0 Å². The fraction of sp³-hybridized carbons (Fsp3) is 0.467. The summed E-state index contributed by atoms with van der Waals surface area (Å²) in [5.41, 5.74) is 0.550. The number of carbonyl (C=O) groups is 2. The second-order valence-corrected chi connectivity index (χ2v) is 7.75. The van der Waals surface area contributed by atoms with Crippen molar-refractivity contribution in [2.24, 2.45) is 0 Å². The van der Waals surface area contributed by atoms with Crippen LogP contribution >= 0.6 is 23.4 Å². The van der Waals surface area contributed by atoms with Gasteiger partial charge in [-0.05, 0) is 24.3 Å². The van der Waals surface area contributed by atoms with E-state index in [4.69, 9.17) is 11.6 Å². The first-order chi connectivity index (χ1) is 9.78. The van der Waals surface area contributed by atoms with Gasteiger partial charge in [0.2, 0.25) is 5.91 Å². The smallest absolute Gasteiger partial charge is 0.251 e. The Bertz CT molecular complexity index is 483. The van der Waals surface area contributed by atoms with E-state index in [1.54, 1.807) is 36.0 Å². The number of hydrogen-bond donors (Lipinski definition) is 2. The average Bonchev–Trinajstić information content (AvgIpc) is 2.41. The number of halogens is 1. The van der Waals surface area contributed by atoms with E-state index in [-0.39, 0.29) is 16.6 Å². The van der Waals surface area contributed by atoms with E-state index < -0.39 is 0 Å². The zero-order valence-corrected chi connectivity index (χ0v) is 14.1. The molecule has 0 fully saturated rings. The summed E-state index contributed by atoms with van der Waals surface area (Å²) in [5, 5.41) is 6.11. The van der Waals surface area contributed by atoms with Gasteiger partial charge in [-0.2, -0.15) is 0 Å². The number of thioether (sulfide) groups is 1. The molecule has 0 saturated heterocycles. The average molecular weight is 329 g/mol. The van der Waals surface area contributed by atoms with Gasteiger partial charge in [-0.3, -0.25) is 9.59 Å². The predicted octanol–water partition coefficient (Wildman–Crippen LogP) is 2.72. The van der Waals surface area contributed by atoms with Crippen molar-refractivity contribution in [3.05, 3.63) is 34.9 Å². The molecular weight excluding hydrogens is 308 g/mol. The summed E-state index contributed by atoms with van der Waals surface area (Å²) in [4.78, 5) is 23.4. The molecule has 2 N–H and O–H groups in total. The first kappa shape index (κ1) is 17.9. The summed E-state index contributed by atoms with van der Waals surface area (Å²) in [6.45, 7) is 7.02. The molecule has 0 aliphatic carbocycles. The Labute approximate surface area is 135 Å². The van der Waals surface area contributed by atoms with Crippen LogP contribution < -0.4 is 10.6 Å². The Hall–Kier alpha value is -1.20. The molecule has 2 amide bonds. The lowest BCUT2D eigenvalue weighted by Gasteiger charge is -2.17. The predicted molar refractivity (Wildman–Crippen MR) is 89.0 cm³/mol.